The predicted octanol–water partition coefficient (Wildman–Crippen LogP) is 3.83. The van der Waals surface area contributed by atoms with Crippen LogP contribution in [0.15, 0.2) is 63.6 Å². The van der Waals surface area contributed by atoms with Crippen LogP contribution in [-0.4, -0.2) is 62.7 Å². The summed E-state index contributed by atoms with van der Waals surface area (Å²) in [6.07, 6.45) is -11.2. The van der Waals surface area contributed by atoms with E-state index in [1.165, 1.54) is 36.4 Å². The van der Waals surface area contributed by atoms with Crippen LogP contribution in [0.3, 0.4) is 0 Å². The van der Waals surface area contributed by atoms with Gasteiger partial charge >= 0.3 is 18.3 Å². The van der Waals surface area contributed by atoms with Crippen molar-refractivity contribution in [2.75, 3.05) is 13.1 Å². The van der Waals surface area contributed by atoms with Crippen molar-refractivity contribution in [1.82, 2.24) is 25.9 Å². The third-order valence-corrected chi connectivity index (χ3v) is 5.75. The minimum Gasteiger partial charge on any atom is -0.475 e. The first-order valence-corrected chi connectivity index (χ1v) is 11.8. The Morgan fingerprint density at radius 2 is 1.55 bits per heavy atom. The van der Waals surface area contributed by atoms with Gasteiger partial charge in [0.05, 0.1) is 6.04 Å². The molecule has 4 aromatic rings. The monoisotopic (exact) mass is 599 g/mol. The molecule has 0 bridgehead atoms. The molecule has 0 aliphatic carbocycles. The van der Waals surface area contributed by atoms with Gasteiger partial charge in [-0.3, -0.25) is 4.79 Å². The van der Waals surface area contributed by atoms with Gasteiger partial charge in [0.15, 0.2) is 6.10 Å². The Bertz CT molecular complexity index is 1530. The average molecular weight is 599 g/mol. The number of aliphatic hydroxyl groups excluding tert-OH is 1. The van der Waals surface area contributed by atoms with Crippen molar-refractivity contribution >= 4 is 11.9 Å². The Morgan fingerprint density at radius 3 is 2.07 bits per heavy atom. The van der Waals surface area contributed by atoms with Crippen LogP contribution in [0.5, 0.6) is 0 Å². The number of benzene rings is 2. The number of halogens is 6. The van der Waals surface area contributed by atoms with Gasteiger partial charge in [0, 0.05) is 24.2 Å². The van der Waals surface area contributed by atoms with E-state index < -0.39 is 47.5 Å². The molecule has 1 unspecified atom stereocenters. The fourth-order valence-electron chi connectivity index (χ4n) is 3.56. The lowest BCUT2D eigenvalue weighted by Crippen LogP contribution is -2.57. The van der Waals surface area contributed by atoms with E-state index in [1.54, 1.807) is 18.2 Å². The summed E-state index contributed by atoms with van der Waals surface area (Å²) in [5.74, 6) is -4.46. The maximum Gasteiger partial charge on any atom is 0.490 e. The molecule has 1 aliphatic rings. The quantitative estimate of drug-likeness (QED) is 0.240. The number of nitrogens with zero attached hydrogens (tertiary/aromatic N) is 3. The highest BCUT2D eigenvalue weighted by Crippen LogP contribution is 2.43. The standard InChI is InChI=1S/C23H18F3N5O4.C2HF3O2/c24-23(25,26)16-17(12-4-2-1-3-5-12)30-34-19(16)22-29-20(31-35-22)14-8-6-13(7-9-14)18(32)21(33)28-15-10-27-11-15;3-2(4,5)1(6)7/h1-9,15,18,27,32H,10-11H2,(H,28,33);(H,6,7). The van der Waals surface area contributed by atoms with Crippen molar-refractivity contribution in [3.8, 4) is 34.3 Å². The molecular formula is C25H19F6N5O6. The number of aliphatic hydroxyl groups is 1. The van der Waals surface area contributed by atoms with E-state index in [0.29, 0.717) is 24.2 Å². The number of amides is 1. The van der Waals surface area contributed by atoms with Gasteiger partial charge in [-0.05, 0) is 5.56 Å². The highest BCUT2D eigenvalue weighted by atomic mass is 19.4. The summed E-state index contributed by atoms with van der Waals surface area (Å²) in [4.78, 5) is 25.1. The summed E-state index contributed by atoms with van der Waals surface area (Å²) in [5.41, 5.74) is -0.547. The molecule has 2 aromatic heterocycles. The molecule has 222 valence electrons. The number of carboxylic acid groups (broad SMARTS) is 1. The molecule has 3 heterocycles. The van der Waals surface area contributed by atoms with Gasteiger partial charge in [0.25, 0.3) is 11.8 Å². The van der Waals surface area contributed by atoms with Crippen molar-refractivity contribution in [2.45, 2.75) is 24.5 Å². The van der Waals surface area contributed by atoms with Gasteiger partial charge in [-0.1, -0.05) is 64.9 Å². The molecule has 1 fully saturated rings. The van der Waals surface area contributed by atoms with Gasteiger partial charge in [-0.15, -0.1) is 0 Å². The molecule has 42 heavy (non-hydrogen) atoms. The third-order valence-electron chi connectivity index (χ3n) is 5.75. The molecular weight excluding hydrogens is 580 g/mol. The fourth-order valence-corrected chi connectivity index (χ4v) is 3.56. The van der Waals surface area contributed by atoms with Crippen LogP contribution >= 0.6 is 0 Å². The summed E-state index contributed by atoms with van der Waals surface area (Å²) in [6, 6.07) is 13.8. The molecule has 1 saturated heterocycles. The van der Waals surface area contributed by atoms with Gasteiger partial charge in [-0.25, -0.2) is 4.79 Å². The summed E-state index contributed by atoms with van der Waals surface area (Å²) < 4.78 is 83.4. The largest absolute Gasteiger partial charge is 0.490 e. The molecule has 0 spiro atoms. The molecule has 0 saturated carbocycles. The Kier molecular flexibility index (Phi) is 8.62. The number of alkyl halides is 6. The van der Waals surface area contributed by atoms with E-state index in [0.717, 1.165) is 0 Å². The number of carbonyl (C=O) groups is 2. The molecule has 2 aromatic carbocycles. The molecule has 11 nitrogen and oxygen atoms in total. The Balaban J connectivity index is 0.000000517. The van der Waals surface area contributed by atoms with Gasteiger partial charge in [-0.2, -0.15) is 31.3 Å². The Morgan fingerprint density at radius 1 is 0.929 bits per heavy atom. The lowest BCUT2D eigenvalue weighted by Gasteiger charge is -2.28. The highest BCUT2D eigenvalue weighted by Gasteiger charge is 2.43. The third kappa shape index (κ3) is 6.92. The van der Waals surface area contributed by atoms with Crippen LogP contribution in [-0.2, 0) is 15.8 Å². The Labute approximate surface area is 231 Å². The van der Waals surface area contributed by atoms with Crippen molar-refractivity contribution in [2.24, 2.45) is 0 Å². The zero-order valence-corrected chi connectivity index (χ0v) is 20.9. The second kappa shape index (κ2) is 12.0. The first-order chi connectivity index (χ1) is 19.8. The van der Waals surface area contributed by atoms with Crippen LogP contribution in [0.1, 0.15) is 17.2 Å². The Hall–Kier alpha value is -4.77. The lowest BCUT2D eigenvalue weighted by atomic mass is 10.0. The highest BCUT2D eigenvalue weighted by molar-refractivity contribution is 5.82. The number of aliphatic carboxylic acids is 1. The average Bonchev–Trinajstić information content (AvgIpc) is 3.58. The minimum atomic E-state index is -5.08. The zero-order chi connectivity index (χ0) is 30.7. The number of hydrogen-bond acceptors (Lipinski definition) is 9. The summed E-state index contributed by atoms with van der Waals surface area (Å²) in [5, 5.41) is 30.5. The minimum absolute atomic E-state index is 0.00295. The van der Waals surface area contributed by atoms with Crippen molar-refractivity contribution in [3.63, 3.8) is 0 Å². The first kappa shape index (κ1) is 30.2. The zero-order valence-electron chi connectivity index (χ0n) is 20.9. The van der Waals surface area contributed by atoms with E-state index in [1.807, 2.05) is 0 Å². The number of rotatable bonds is 6. The summed E-state index contributed by atoms with van der Waals surface area (Å²) in [7, 11) is 0. The summed E-state index contributed by atoms with van der Waals surface area (Å²) in [6.45, 7) is 1.29. The van der Waals surface area contributed by atoms with Gasteiger partial charge in [0.1, 0.15) is 11.3 Å². The predicted molar refractivity (Wildman–Crippen MR) is 129 cm³/mol. The van der Waals surface area contributed by atoms with E-state index >= 15 is 0 Å². The number of hydrogen-bond donors (Lipinski definition) is 4. The number of carboxylic acids is 1. The smallest absolute Gasteiger partial charge is 0.475 e. The van der Waals surface area contributed by atoms with Crippen LogP contribution in [0, 0.1) is 0 Å². The number of nitrogens with one attached hydrogen (secondary N) is 2. The van der Waals surface area contributed by atoms with Crippen molar-refractivity contribution in [3.05, 3.63) is 65.7 Å². The fraction of sp³-hybridized carbons (Fsp3) is 0.240. The van der Waals surface area contributed by atoms with E-state index in [4.69, 9.17) is 18.9 Å². The number of carbonyl (C=O) groups excluding carboxylic acids is 1. The second-order valence-corrected chi connectivity index (χ2v) is 8.71. The molecule has 1 atom stereocenters. The van der Waals surface area contributed by atoms with Crippen molar-refractivity contribution < 1.29 is 55.2 Å². The molecule has 1 aliphatic heterocycles. The van der Waals surface area contributed by atoms with E-state index in [-0.39, 0.29) is 23.1 Å². The molecule has 4 N–H and O–H groups in total. The molecule has 1 amide bonds. The molecule has 0 radical (unpaired) electrons. The summed E-state index contributed by atoms with van der Waals surface area (Å²) >= 11 is 0. The van der Waals surface area contributed by atoms with Gasteiger partial charge in [0.2, 0.25) is 11.6 Å². The van der Waals surface area contributed by atoms with Crippen LogP contribution in [0.25, 0.3) is 34.3 Å². The first-order valence-electron chi connectivity index (χ1n) is 11.8. The maximum absolute atomic E-state index is 13.9. The molecule has 5 rings (SSSR count). The van der Waals surface area contributed by atoms with E-state index in [9.17, 15) is 36.2 Å². The van der Waals surface area contributed by atoms with E-state index in [2.05, 4.69) is 25.9 Å². The molecule has 17 heteroatoms. The van der Waals surface area contributed by atoms with Crippen LogP contribution in [0.2, 0.25) is 0 Å². The SMILES string of the molecule is O=C(NC1CNC1)C(O)c1ccc(-c2noc(-c3onc(-c4ccccc4)c3C(F)(F)F)n2)cc1.O=C(O)C(F)(F)F. The topological polar surface area (TPSA) is 164 Å². The van der Waals surface area contributed by atoms with Gasteiger partial charge < -0.3 is 29.9 Å². The second-order valence-electron chi connectivity index (χ2n) is 8.71. The van der Waals surface area contributed by atoms with Crippen LogP contribution < -0.4 is 10.6 Å². The van der Waals surface area contributed by atoms with Crippen LogP contribution in [0.4, 0.5) is 26.3 Å². The van der Waals surface area contributed by atoms with Crippen molar-refractivity contribution in [1.29, 1.82) is 0 Å². The maximum atomic E-state index is 13.9. The lowest BCUT2D eigenvalue weighted by molar-refractivity contribution is -0.192. The number of aromatic nitrogens is 3. The normalized spacial score (nSPS) is 14.4.